The molecule has 0 bridgehead atoms. The van der Waals surface area contributed by atoms with Crippen molar-refractivity contribution in [2.24, 2.45) is 0 Å². The SMILES string of the molecule is CC(C)(C)c1ccc(-c2noc(Cn3nc4c(Sc5cccc(F)c5)nccn4c3=O)n2)cc1. The first-order chi connectivity index (χ1) is 16.3. The summed E-state index contributed by atoms with van der Waals surface area (Å²) in [6.45, 7) is 6.47. The van der Waals surface area contributed by atoms with Gasteiger partial charge in [0.1, 0.15) is 17.4 Å². The predicted molar refractivity (Wildman–Crippen MR) is 125 cm³/mol. The summed E-state index contributed by atoms with van der Waals surface area (Å²) in [6, 6.07) is 14.1. The van der Waals surface area contributed by atoms with Gasteiger partial charge in [-0.2, -0.15) is 4.98 Å². The van der Waals surface area contributed by atoms with Crippen LogP contribution in [0.25, 0.3) is 17.0 Å². The highest BCUT2D eigenvalue weighted by Gasteiger charge is 2.17. The van der Waals surface area contributed by atoms with Gasteiger partial charge < -0.3 is 4.52 Å². The quantitative estimate of drug-likeness (QED) is 0.367. The van der Waals surface area contributed by atoms with Crippen LogP contribution in [0.2, 0.25) is 0 Å². The molecule has 0 atom stereocenters. The zero-order valence-electron chi connectivity index (χ0n) is 18.8. The molecule has 34 heavy (non-hydrogen) atoms. The van der Waals surface area contributed by atoms with Gasteiger partial charge in [-0.1, -0.05) is 68.0 Å². The Morgan fingerprint density at radius 2 is 1.91 bits per heavy atom. The molecule has 172 valence electrons. The third-order valence-corrected chi connectivity index (χ3v) is 6.21. The first-order valence-corrected chi connectivity index (χ1v) is 11.4. The van der Waals surface area contributed by atoms with Crippen LogP contribution < -0.4 is 5.69 Å². The van der Waals surface area contributed by atoms with Gasteiger partial charge in [0, 0.05) is 22.9 Å². The highest BCUT2D eigenvalue weighted by Crippen LogP contribution is 2.28. The van der Waals surface area contributed by atoms with Crippen LogP contribution in [0.5, 0.6) is 0 Å². The monoisotopic (exact) mass is 476 g/mol. The van der Waals surface area contributed by atoms with Crippen molar-refractivity contribution in [3.63, 3.8) is 0 Å². The second-order valence-corrected chi connectivity index (χ2v) is 9.83. The van der Waals surface area contributed by atoms with E-state index in [0.29, 0.717) is 21.4 Å². The van der Waals surface area contributed by atoms with E-state index in [2.05, 4.69) is 41.0 Å². The van der Waals surface area contributed by atoms with Crippen LogP contribution in [0.3, 0.4) is 0 Å². The minimum atomic E-state index is -0.368. The first-order valence-electron chi connectivity index (χ1n) is 10.6. The van der Waals surface area contributed by atoms with E-state index in [1.165, 1.54) is 50.9 Å². The summed E-state index contributed by atoms with van der Waals surface area (Å²) < 4.78 is 21.6. The Bertz CT molecular complexity index is 1530. The van der Waals surface area contributed by atoms with Gasteiger partial charge in [-0.15, -0.1) is 5.10 Å². The summed E-state index contributed by atoms with van der Waals surface area (Å²) in [6.07, 6.45) is 3.04. The van der Waals surface area contributed by atoms with Crippen molar-refractivity contribution < 1.29 is 8.91 Å². The van der Waals surface area contributed by atoms with E-state index >= 15 is 0 Å². The topological polar surface area (TPSA) is 91.1 Å². The maximum absolute atomic E-state index is 13.6. The van der Waals surface area contributed by atoms with E-state index in [-0.39, 0.29) is 29.4 Å². The molecule has 3 aromatic heterocycles. The van der Waals surface area contributed by atoms with Crippen LogP contribution in [0, 0.1) is 5.82 Å². The van der Waals surface area contributed by atoms with Crippen molar-refractivity contribution in [2.45, 2.75) is 42.7 Å². The number of rotatable bonds is 5. The molecule has 2 aromatic carbocycles. The third kappa shape index (κ3) is 4.36. The van der Waals surface area contributed by atoms with E-state index in [9.17, 15) is 9.18 Å². The Morgan fingerprint density at radius 1 is 1.12 bits per heavy atom. The van der Waals surface area contributed by atoms with E-state index in [1.807, 2.05) is 24.3 Å². The molecule has 0 saturated carbocycles. The lowest BCUT2D eigenvalue weighted by Gasteiger charge is -2.18. The van der Waals surface area contributed by atoms with Gasteiger partial charge in [0.2, 0.25) is 11.7 Å². The van der Waals surface area contributed by atoms with Gasteiger partial charge in [-0.3, -0.25) is 0 Å². The average Bonchev–Trinajstić information content (AvgIpc) is 3.39. The lowest BCUT2D eigenvalue weighted by atomic mass is 9.87. The fraction of sp³-hybridized carbons (Fsp3) is 0.208. The van der Waals surface area contributed by atoms with E-state index in [1.54, 1.807) is 12.1 Å². The summed E-state index contributed by atoms with van der Waals surface area (Å²) in [7, 11) is 0. The molecule has 0 fully saturated rings. The summed E-state index contributed by atoms with van der Waals surface area (Å²) in [5.41, 5.74) is 2.07. The van der Waals surface area contributed by atoms with Crippen LogP contribution in [-0.4, -0.2) is 29.3 Å². The van der Waals surface area contributed by atoms with Gasteiger partial charge in [-0.25, -0.2) is 23.3 Å². The summed E-state index contributed by atoms with van der Waals surface area (Å²) in [5.74, 6) is 0.351. The lowest BCUT2D eigenvalue weighted by Crippen LogP contribution is -2.21. The molecule has 0 saturated heterocycles. The van der Waals surface area contributed by atoms with E-state index < -0.39 is 0 Å². The summed E-state index contributed by atoms with van der Waals surface area (Å²) in [4.78, 5) is 22.3. The molecule has 5 rings (SSSR count). The summed E-state index contributed by atoms with van der Waals surface area (Å²) in [5, 5.41) is 8.94. The van der Waals surface area contributed by atoms with Crippen molar-refractivity contribution in [1.82, 2.24) is 29.3 Å². The molecule has 0 aliphatic rings. The Labute approximate surface area is 198 Å². The van der Waals surface area contributed by atoms with Gasteiger partial charge in [0.25, 0.3) is 0 Å². The molecule has 0 aliphatic heterocycles. The molecule has 10 heteroatoms. The summed E-state index contributed by atoms with van der Waals surface area (Å²) >= 11 is 1.23. The fourth-order valence-electron chi connectivity index (χ4n) is 3.43. The van der Waals surface area contributed by atoms with Crippen LogP contribution in [0.4, 0.5) is 4.39 Å². The number of fused-ring (bicyclic) bond motifs is 1. The smallest absolute Gasteiger partial charge is 0.337 e. The highest BCUT2D eigenvalue weighted by molar-refractivity contribution is 7.99. The Balaban J connectivity index is 1.41. The Hall–Kier alpha value is -3.79. The Kier molecular flexibility index (Phi) is 5.52. The van der Waals surface area contributed by atoms with Crippen molar-refractivity contribution in [2.75, 3.05) is 0 Å². The molecular formula is C24H21FN6O2S. The van der Waals surface area contributed by atoms with E-state index in [4.69, 9.17) is 4.52 Å². The molecular weight excluding hydrogens is 455 g/mol. The van der Waals surface area contributed by atoms with Gasteiger partial charge in [0.15, 0.2) is 5.65 Å². The first kappa shape index (κ1) is 22.0. The van der Waals surface area contributed by atoms with Gasteiger partial charge in [0.05, 0.1) is 0 Å². The third-order valence-electron chi connectivity index (χ3n) is 5.24. The highest BCUT2D eigenvalue weighted by atomic mass is 32.2. The molecule has 8 nitrogen and oxygen atoms in total. The molecule has 5 aromatic rings. The van der Waals surface area contributed by atoms with Crippen LogP contribution in [0.15, 0.2) is 80.2 Å². The molecule has 0 N–H and O–H groups in total. The molecule has 0 radical (unpaired) electrons. The fourth-order valence-corrected chi connectivity index (χ4v) is 4.31. The average molecular weight is 477 g/mol. The second-order valence-electron chi connectivity index (χ2n) is 8.76. The lowest BCUT2D eigenvalue weighted by molar-refractivity contribution is 0.364. The number of hydrogen-bond donors (Lipinski definition) is 0. The molecule has 0 aliphatic carbocycles. The largest absolute Gasteiger partial charge is 0.350 e. The minimum absolute atomic E-state index is 0.0116. The maximum Gasteiger partial charge on any atom is 0.350 e. The number of benzene rings is 2. The van der Waals surface area contributed by atoms with Crippen molar-refractivity contribution >= 4 is 17.4 Å². The maximum atomic E-state index is 13.6. The van der Waals surface area contributed by atoms with Crippen molar-refractivity contribution in [1.29, 1.82) is 0 Å². The van der Waals surface area contributed by atoms with Gasteiger partial charge in [-0.05, 0) is 29.2 Å². The molecule has 0 spiro atoms. The van der Waals surface area contributed by atoms with Crippen molar-refractivity contribution in [3.05, 3.63) is 88.7 Å². The standard InChI is InChI=1S/C24H21FN6O2S/c1-24(2,3)16-9-7-15(8-10-16)20-27-19(33-29-20)14-31-23(32)30-12-11-26-22(21(30)28-31)34-18-6-4-5-17(25)13-18/h4-13H,14H2,1-3H3. The predicted octanol–water partition coefficient (Wildman–Crippen LogP) is 4.58. The van der Waals surface area contributed by atoms with Crippen LogP contribution in [-0.2, 0) is 12.0 Å². The second kappa shape index (κ2) is 8.53. The van der Waals surface area contributed by atoms with Gasteiger partial charge >= 0.3 is 5.69 Å². The number of aromatic nitrogens is 6. The zero-order chi connectivity index (χ0) is 23.9. The number of nitrogens with zero attached hydrogens (tertiary/aromatic N) is 6. The molecule has 0 unspecified atom stereocenters. The zero-order valence-corrected chi connectivity index (χ0v) is 19.6. The Morgan fingerprint density at radius 3 is 2.65 bits per heavy atom. The minimum Gasteiger partial charge on any atom is -0.337 e. The van der Waals surface area contributed by atoms with Crippen LogP contribution >= 0.6 is 11.8 Å². The van der Waals surface area contributed by atoms with Crippen LogP contribution in [0.1, 0.15) is 32.2 Å². The molecule has 3 heterocycles. The number of halogens is 1. The van der Waals surface area contributed by atoms with E-state index in [0.717, 1.165) is 5.56 Å². The molecule has 0 amide bonds. The number of hydrogen-bond acceptors (Lipinski definition) is 7. The normalized spacial score (nSPS) is 11.9. The van der Waals surface area contributed by atoms with Crippen molar-refractivity contribution in [3.8, 4) is 11.4 Å².